The second kappa shape index (κ2) is 13.8. The molecule has 230 valence electrons. The van der Waals surface area contributed by atoms with Crippen LogP contribution in [-0.4, -0.2) is 15.1 Å². The van der Waals surface area contributed by atoms with Gasteiger partial charge in [0, 0.05) is 0 Å². The van der Waals surface area contributed by atoms with Gasteiger partial charge < -0.3 is 15.1 Å². The van der Waals surface area contributed by atoms with E-state index in [1.165, 1.54) is 44.5 Å². The van der Waals surface area contributed by atoms with E-state index >= 15 is 0 Å². The van der Waals surface area contributed by atoms with Crippen LogP contribution in [-0.2, 0) is 48.8 Å². The fourth-order valence-corrected chi connectivity index (χ4v) is 7.25. The molecule has 0 fully saturated rings. The number of hydrogen-bond donors (Lipinski definition) is 1. The standard InChI is InChI=1S/C37H46N4O.Ni/c1-9-21-23(11-3)32-18-34-25(13-5)27(15-7)36(40-34)29(20-42)37-28(16-8)26(14-6)35(41-37)19-33-24(12-4)22(10-2)31(39-33)17-30(21)38-32;/h17-19,42H,9-16,20H2,1-8H3;/q-2;+2. The second-order valence-corrected chi connectivity index (χ2v) is 11.2. The minimum atomic E-state index is -0.105. The minimum Gasteiger partial charge on any atom is -0.657 e. The normalized spacial score (nSPS) is 13.2. The van der Waals surface area contributed by atoms with Crippen LogP contribution < -0.4 is 9.97 Å². The average molecular weight is 621 g/mol. The fourth-order valence-electron chi connectivity index (χ4n) is 7.25. The third-order valence-corrected chi connectivity index (χ3v) is 9.21. The predicted molar refractivity (Wildman–Crippen MR) is 177 cm³/mol. The molecule has 0 aromatic carbocycles. The maximum Gasteiger partial charge on any atom is 2.00 e. The summed E-state index contributed by atoms with van der Waals surface area (Å²) >= 11 is 0. The summed E-state index contributed by atoms with van der Waals surface area (Å²) in [6, 6.07) is 6.60. The van der Waals surface area contributed by atoms with Crippen molar-refractivity contribution < 1.29 is 21.6 Å². The van der Waals surface area contributed by atoms with Gasteiger partial charge in [0.1, 0.15) is 0 Å². The smallest absolute Gasteiger partial charge is 0.657 e. The summed E-state index contributed by atoms with van der Waals surface area (Å²) in [7, 11) is 0. The molecule has 0 saturated heterocycles. The predicted octanol–water partition coefficient (Wildman–Crippen LogP) is 8.77. The summed E-state index contributed by atoms with van der Waals surface area (Å²) < 4.78 is 0. The Morgan fingerprint density at radius 2 is 0.884 bits per heavy atom. The van der Waals surface area contributed by atoms with Gasteiger partial charge in [-0.1, -0.05) is 95.8 Å². The van der Waals surface area contributed by atoms with Crippen LogP contribution in [0.1, 0.15) is 132 Å². The first-order valence-electron chi connectivity index (χ1n) is 16.2. The molecule has 2 aliphatic rings. The van der Waals surface area contributed by atoms with Crippen molar-refractivity contribution in [3.63, 3.8) is 0 Å². The molecule has 0 atom stereocenters. The van der Waals surface area contributed by atoms with Crippen LogP contribution in [0.5, 0.6) is 0 Å². The summed E-state index contributed by atoms with van der Waals surface area (Å²) in [6.07, 6.45) is 7.09. The average Bonchev–Trinajstić information content (AvgIpc) is 3.72. The van der Waals surface area contributed by atoms with Crippen molar-refractivity contribution in [2.24, 2.45) is 0 Å². The summed E-state index contributed by atoms with van der Waals surface area (Å²) in [6.45, 7) is 17.5. The molecule has 0 aliphatic carbocycles. The molecule has 6 heteroatoms. The van der Waals surface area contributed by atoms with Gasteiger partial charge in [0.2, 0.25) is 0 Å². The maximum absolute atomic E-state index is 10.9. The van der Waals surface area contributed by atoms with Crippen LogP contribution >= 0.6 is 0 Å². The van der Waals surface area contributed by atoms with Gasteiger partial charge in [-0.05, 0) is 79.2 Å². The van der Waals surface area contributed by atoms with Gasteiger partial charge in [0.25, 0.3) is 0 Å². The number of aliphatic hydroxyl groups excluding tert-OH is 1. The molecular weight excluding hydrogens is 575 g/mol. The molecular formula is C37H46N4NiO. The Bertz CT molecular complexity index is 1750. The third-order valence-electron chi connectivity index (χ3n) is 9.21. The number of fused-ring (bicyclic) bond motifs is 8. The number of allylic oxidation sites excluding steroid dienone is 4. The number of hydrogen-bond acceptors (Lipinski definition) is 3. The van der Waals surface area contributed by atoms with E-state index in [0.29, 0.717) is 0 Å². The molecule has 0 amide bonds. The summed E-state index contributed by atoms with van der Waals surface area (Å²) in [4.78, 5) is 21.0. The van der Waals surface area contributed by atoms with Crippen LogP contribution in [0.3, 0.4) is 0 Å². The van der Waals surface area contributed by atoms with Crippen LogP contribution in [0, 0.1) is 0 Å². The molecule has 43 heavy (non-hydrogen) atoms. The van der Waals surface area contributed by atoms with Gasteiger partial charge in [-0.15, -0.1) is 22.1 Å². The van der Waals surface area contributed by atoms with Gasteiger partial charge >= 0.3 is 16.5 Å². The Balaban J connectivity index is 0.00000423. The third kappa shape index (κ3) is 5.46. The van der Waals surface area contributed by atoms with Gasteiger partial charge in [-0.2, -0.15) is 0 Å². The van der Waals surface area contributed by atoms with Crippen molar-refractivity contribution in [1.29, 1.82) is 0 Å². The van der Waals surface area contributed by atoms with Crippen molar-refractivity contribution in [1.82, 2.24) is 19.9 Å². The summed E-state index contributed by atoms with van der Waals surface area (Å²) in [5.74, 6) is 0. The number of rotatable bonds is 9. The zero-order valence-corrected chi connectivity index (χ0v) is 28.1. The minimum absolute atomic E-state index is 0. The quantitative estimate of drug-likeness (QED) is 0.242. The van der Waals surface area contributed by atoms with E-state index in [-0.39, 0.29) is 23.1 Å². The van der Waals surface area contributed by atoms with Gasteiger partial charge in [-0.3, -0.25) is 0 Å². The van der Waals surface area contributed by atoms with E-state index in [1.54, 1.807) is 0 Å². The molecule has 0 saturated carbocycles. The SMILES string of the molecule is CCC1=C(CC)c2cc3[n-]c(c(CO)c4nc(cc5[n-]c(cc1n2)c(CC)c5CC)C(CC)=C4CC)c(CC)c3CC.[Ni+2]. The first kappa shape index (κ1) is 33.0. The van der Waals surface area contributed by atoms with Crippen molar-refractivity contribution in [3.8, 4) is 0 Å². The summed E-state index contributed by atoms with van der Waals surface area (Å²) in [5.41, 5.74) is 18.7. The Morgan fingerprint density at radius 1 is 0.488 bits per heavy atom. The van der Waals surface area contributed by atoms with Crippen molar-refractivity contribution in [2.45, 2.75) is 113 Å². The molecule has 3 aromatic heterocycles. The molecule has 5 nitrogen and oxygen atoms in total. The van der Waals surface area contributed by atoms with E-state index in [0.717, 1.165) is 102 Å². The molecule has 1 N–H and O–H groups in total. The van der Waals surface area contributed by atoms with E-state index in [1.807, 2.05) is 0 Å². The number of nitrogens with zero attached hydrogens (tertiary/aromatic N) is 4. The van der Waals surface area contributed by atoms with E-state index in [4.69, 9.17) is 19.9 Å². The Labute approximate surface area is 267 Å². The van der Waals surface area contributed by atoms with Crippen LogP contribution in [0.4, 0.5) is 0 Å². The van der Waals surface area contributed by atoms with Crippen LogP contribution in [0.25, 0.3) is 44.4 Å². The molecule has 5 heterocycles. The van der Waals surface area contributed by atoms with Crippen molar-refractivity contribution >= 4 is 44.4 Å². The van der Waals surface area contributed by atoms with Gasteiger partial charge in [0.15, 0.2) is 0 Å². The van der Waals surface area contributed by atoms with Crippen molar-refractivity contribution in [3.05, 3.63) is 68.8 Å². The number of aliphatic hydroxyl groups is 1. The molecule has 0 spiro atoms. The van der Waals surface area contributed by atoms with E-state index in [9.17, 15) is 5.11 Å². The zero-order valence-electron chi connectivity index (χ0n) is 27.1. The maximum atomic E-state index is 10.9. The topological polar surface area (TPSA) is 74.2 Å². The molecule has 2 aliphatic heterocycles. The first-order valence-corrected chi connectivity index (χ1v) is 16.2. The Kier molecular flexibility index (Phi) is 10.6. The first-order chi connectivity index (χ1) is 20.4. The Hall–Kier alpha value is -2.95. The largest absolute Gasteiger partial charge is 2.00 e. The molecule has 0 radical (unpaired) electrons. The monoisotopic (exact) mass is 620 g/mol. The van der Waals surface area contributed by atoms with Crippen LogP contribution in [0.15, 0.2) is 18.2 Å². The molecule has 8 bridgehead atoms. The van der Waals surface area contributed by atoms with Crippen LogP contribution in [0.2, 0.25) is 0 Å². The molecule has 5 rings (SSSR count). The van der Waals surface area contributed by atoms with Gasteiger partial charge in [0.05, 0.1) is 29.4 Å². The Morgan fingerprint density at radius 3 is 1.30 bits per heavy atom. The van der Waals surface area contributed by atoms with Crippen molar-refractivity contribution in [2.75, 3.05) is 0 Å². The molecule has 0 unspecified atom stereocenters. The van der Waals surface area contributed by atoms with E-state index in [2.05, 4.69) is 73.6 Å². The van der Waals surface area contributed by atoms with Gasteiger partial charge in [-0.25, -0.2) is 9.97 Å². The van der Waals surface area contributed by atoms with E-state index < -0.39 is 0 Å². The second-order valence-electron chi connectivity index (χ2n) is 11.2. The number of aryl methyl sites for hydroxylation is 4. The molecule has 3 aromatic rings. The number of aromatic nitrogens is 4. The fraction of sp³-hybridized carbons (Fsp3) is 0.459. The summed E-state index contributed by atoms with van der Waals surface area (Å²) in [5, 5.41) is 10.9. The zero-order chi connectivity index (χ0) is 30.1.